The van der Waals surface area contributed by atoms with Gasteiger partial charge in [0.1, 0.15) is 12.0 Å². The van der Waals surface area contributed by atoms with Crippen molar-refractivity contribution in [1.82, 2.24) is 9.88 Å². The molecule has 0 fully saturated rings. The summed E-state index contributed by atoms with van der Waals surface area (Å²) in [7, 11) is 0. The van der Waals surface area contributed by atoms with Crippen LogP contribution in [0.3, 0.4) is 0 Å². The van der Waals surface area contributed by atoms with E-state index in [4.69, 9.17) is 9.15 Å². The molecule has 1 aliphatic rings. The number of aryl methyl sites for hydroxylation is 2. The Morgan fingerprint density at radius 1 is 1.03 bits per heavy atom. The molecule has 0 saturated heterocycles. The third kappa shape index (κ3) is 5.47. The van der Waals surface area contributed by atoms with Crippen LogP contribution in [0.1, 0.15) is 63.6 Å². The van der Waals surface area contributed by atoms with E-state index in [-0.39, 0.29) is 30.2 Å². The zero-order chi connectivity index (χ0) is 26.6. The van der Waals surface area contributed by atoms with Gasteiger partial charge in [-0.3, -0.25) is 9.59 Å². The molecule has 7 nitrogen and oxygen atoms in total. The molecule has 3 aromatic carbocycles. The van der Waals surface area contributed by atoms with Crippen LogP contribution >= 0.6 is 0 Å². The zero-order valence-electron chi connectivity index (χ0n) is 21.9. The predicted octanol–water partition coefficient (Wildman–Crippen LogP) is 6.01. The van der Waals surface area contributed by atoms with E-state index in [1.165, 1.54) is 17.4 Å². The molecule has 0 bridgehead atoms. The average molecular weight is 510 g/mol. The van der Waals surface area contributed by atoms with Crippen molar-refractivity contribution in [2.45, 2.75) is 46.3 Å². The van der Waals surface area contributed by atoms with Gasteiger partial charge in [-0.25, -0.2) is 4.98 Å². The molecule has 0 saturated carbocycles. The highest BCUT2D eigenvalue weighted by Crippen LogP contribution is 2.37. The Balaban J connectivity index is 1.32. The van der Waals surface area contributed by atoms with Crippen LogP contribution in [0, 0.1) is 13.8 Å². The summed E-state index contributed by atoms with van der Waals surface area (Å²) < 4.78 is 11.5. The molecule has 0 spiro atoms. The molecule has 4 aromatic rings. The Morgan fingerprint density at radius 2 is 1.74 bits per heavy atom. The summed E-state index contributed by atoms with van der Waals surface area (Å²) in [6.45, 7) is 6.70. The average Bonchev–Trinajstić information content (AvgIpc) is 3.42. The number of carbonyl (C=O) groups is 2. The number of ether oxygens (including phenoxy) is 1. The van der Waals surface area contributed by atoms with Crippen LogP contribution < -0.4 is 10.1 Å². The minimum atomic E-state index is -0.348. The van der Waals surface area contributed by atoms with Crippen LogP contribution in [0.2, 0.25) is 0 Å². The number of hydrogen-bond donors (Lipinski definition) is 1. The van der Waals surface area contributed by atoms with Gasteiger partial charge in [0.2, 0.25) is 11.8 Å². The van der Waals surface area contributed by atoms with Gasteiger partial charge >= 0.3 is 0 Å². The van der Waals surface area contributed by atoms with Crippen LogP contribution in [0.5, 0.6) is 5.75 Å². The number of carbonyl (C=O) groups excluding carboxylic acids is 2. The first-order valence-electron chi connectivity index (χ1n) is 12.9. The minimum Gasteiger partial charge on any atom is -0.484 e. The van der Waals surface area contributed by atoms with Crippen molar-refractivity contribution in [1.29, 1.82) is 0 Å². The van der Waals surface area contributed by atoms with Gasteiger partial charge in [-0.05, 0) is 61.2 Å². The molecule has 0 unspecified atom stereocenters. The lowest BCUT2D eigenvalue weighted by Gasteiger charge is -2.38. The van der Waals surface area contributed by atoms with E-state index in [0.717, 1.165) is 23.1 Å². The fraction of sp³-hybridized carbons (Fsp3) is 0.258. The van der Waals surface area contributed by atoms with E-state index in [1.807, 2.05) is 55.1 Å². The maximum absolute atomic E-state index is 12.9. The Morgan fingerprint density at radius 3 is 2.45 bits per heavy atom. The molecule has 2 amide bonds. The van der Waals surface area contributed by atoms with Crippen molar-refractivity contribution in [2.24, 2.45) is 0 Å². The quantitative estimate of drug-likeness (QED) is 0.330. The third-order valence-electron chi connectivity index (χ3n) is 6.82. The Labute approximate surface area is 222 Å². The van der Waals surface area contributed by atoms with Crippen LogP contribution in [-0.2, 0) is 17.8 Å². The summed E-state index contributed by atoms with van der Waals surface area (Å²) >= 11 is 0. The molecule has 1 aromatic heterocycles. The largest absolute Gasteiger partial charge is 0.484 e. The van der Waals surface area contributed by atoms with Gasteiger partial charge in [-0.1, -0.05) is 60.5 Å². The number of fused-ring (bicyclic) bond motifs is 1. The van der Waals surface area contributed by atoms with Crippen LogP contribution in [0.25, 0.3) is 0 Å². The van der Waals surface area contributed by atoms with Gasteiger partial charge in [0.05, 0.1) is 6.04 Å². The van der Waals surface area contributed by atoms with Crippen molar-refractivity contribution in [3.8, 4) is 5.75 Å². The lowest BCUT2D eigenvalue weighted by atomic mass is 9.87. The number of benzene rings is 3. The molecule has 5 rings (SSSR count). The first-order chi connectivity index (χ1) is 18.4. The smallest absolute Gasteiger partial charge is 0.277 e. The second-order valence-corrected chi connectivity index (χ2v) is 9.60. The fourth-order valence-corrected chi connectivity index (χ4v) is 4.72. The molecule has 7 heteroatoms. The van der Waals surface area contributed by atoms with E-state index in [1.54, 1.807) is 0 Å². The van der Waals surface area contributed by atoms with Crippen LogP contribution in [0.4, 0.5) is 5.69 Å². The number of hydrogen-bond acceptors (Lipinski definition) is 5. The molecule has 0 radical (unpaired) electrons. The van der Waals surface area contributed by atoms with Crippen molar-refractivity contribution in [3.05, 3.63) is 112 Å². The number of rotatable bonds is 7. The summed E-state index contributed by atoms with van der Waals surface area (Å²) in [6, 6.07) is 21.7. The maximum atomic E-state index is 12.9. The van der Waals surface area contributed by atoms with Crippen molar-refractivity contribution in [3.63, 3.8) is 0 Å². The lowest BCUT2D eigenvalue weighted by molar-refractivity contribution is -0.132. The Kier molecular flexibility index (Phi) is 7.26. The van der Waals surface area contributed by atoms with Crippen molar-refractivity contribution >= 4 is 17.5 Å². The van der Waals surface area contributed by atoms with Crippen molar-refractivity contribution < 1.29 is 18.7 Å². The molecule has 2 heterocycles. The maximum Gasteiger partial charge on any atom is 0.277 e. The van der Waals surface area contributed by atoms with Crippen molar-refractivity contribution in [2.75, 3.05) is 11.9 Å². The first-order valence-corrected chi connectivity index (χ1v) is 12.9. The van der Waals surface area contributed by atoms with Gasteiger partial charge in [-0.15, -0.1) is 0 Å². The Hall–Kier alpha value is -4.39. The summed E-state index contributed by atoms with van der Waals surface area (Å²) in [6.07, 6.45) is 2.58. The first kappa shape index (κ1) is 25.3. The number of aromatic nitrogens is 1. The van der Waals surface area contributed by atoms with Crippen LogP contribution in [0.15, 0.2) is 77.4 Å². The van der Waals surface area contributed by atoms with Gasteiger partial charge in [-0.2, -0.15) is 0 Å². The van der Waals surface area contributed by atoms with Gasteiger partial charge in [0.25, 0.3) is 5.91 Å². The molecule has 1 atom stereocenters. The molecule has 1 aliphatic heterocycles. The number of nitrogens with one attached hydrogen (secondary N) is 1. The molecule has 38 heavy (non-hydrogen) atoms. The molecule has 194 valence electrons. The van der Waals surface area contributed by atoms with E-state index >= 15 is 0 Å². The van der Waals surface area contributed by atoms with Crippen LogP contribution in [-0.4, -0.2) is 28.2 Å². The topological polar surface area (TPSA) is 84.7 Å². The SMILES string of the molecule is CCC(=O)N1CCc2ccc(OCc3nc(C(=O)Nc4ccc(C)cc4)co3)cc2[C@H]1c1ccc(C)cc1. The van der Waals surface area contributed by atoms with Gasteiger partial charge < -0.3 is 19.4 Å². The Bertz CT molecular complexity index is 1440. The van der Waals surface area contributed by atoms with E-state index in [0.29, 0.717) is 30.3 Å². The number of anilines is 1. The monoisotopic (exact) mass is 509 g/mol. The standard InChI is InChI=1S/C31H31N3O4/c1-4-29(35)34-16-15-22-11-14-25(17-26(22)30(34)23-9-5-20(2)6-10-23)37-19-28-33-27(18-38-28)31(36)32-24-12-7-21(3)8-13-24/h5-14,17-18,30H,4,15-16,19H2,1-3H3,(H,32,36)/t30-/m1/s1. The highest BCUT2D eigenvalue weighted by atomic mass is 16.5. The predicted molar refractivity (Wildman–Crippen MR) is 145 cm³/mol. The highest BCUT2D eigenvalue weighted by Gasteiger charge is 2.31. The van der Waals surface area contributed by atoms with Gasteiger partial charge in [0.15, 0.2) is 12.3 Å². The third-order valence-corrected chi connectivity index (χ3v) is 6.82. The second-order valence-electron chi connectivity index (χ2n) is 9.60. The number of nitrogens with zero attached hydrogens (tertiary/aromatic N) is 2. The molecular formula is C31H31N3O4. The van der Waals surface area contributed by atoms with E-state index < -0.39 is 0 Å². The summed E-state index contributed by atoms with van der Waals surface area (Å²) in [5.74, 6) is 0.730. The normalized spacial score (nSPS) is 14.6. The molecule has 1 N–H and O–H groups in total. The summed E-state index contributed by atoms with van der Waals surface area (Å²) in [4.78, 5) is 31.6. The zero-order valence-corrected chi connectivity index (χ0v) is 21.9. The van der Waals surface area contributed by atoms with E-state index in [2.05, 4.69) is 47.6 Å². The van der Waals surface area contributed by atoms with Gasteiger partial charge in [0, 0.05) is 18.7 Å². The molecular weight excluding hydrogens is 478 g/mol. The second kappa shape index (κ2) is 10.9. The lowest BCUT2D eigenvalue weighted by Crippen LogP contribution is -2.40. The highest BCUT2D eigenvalue weighted by molar-refractivity contribution is 6.02. The fourth-order valence-electron chi connectivity index (χ4n) is 4.72. The molecule has 0 aliphatic carbocycles. The number of amides is 2. The summed E-state index contributed by atoms with van der Waals surface area (Å²) in [5.41, 5.74) is 6.50. The summed E-state index contributed by atoms with van der Waals surface area (Å²) in [5, 5.41) is 2.81. The number of oxazole rings is 1. The minimum absolute atomic E-state index is 0.0728. The van der Waals surface area contributed by atoms with E-state index in [9.17, 15) is 9.59 Å².